The molecule has 2 heterocycles. The molecule has 1 aromatic heterocycles. The van der Waals surface area contributed by atoms with Crippen LogP contribution in [0.5, 0.6) is 5.75 Å². The van der Waals surface area contributed by atoms with Crippen LogP contribution < -0.4 is 5.43 Å². The molecule has 7 nitrogen and oxygen atoms in total. The molecule has 0 spiro atoms. The maximum absolute atomic E-state index is 11.4. The van der Waals surface area contributed by atoms with E-state index in [1.54, 1.807) is 6.92 Å². The Labute approximate surface area is 109 Å². The Morgan fingerprint density at radius 1 is 1.37 bits per heavy atom. The molecule has 0 saturated carbocycles. The first-order valence-electron chi connectivity index (χ1n) is 6.06. The molecule has 19 heavy (non-hydrogen) atoms. The van der Waals surface area contributed by atoms with Gasteiger partial charge < -0.3 is 29.7 Å². The second-order valence-corrected chi connectivity index (χ2v) is 4.46. The zero-order chi connectivity index (χ0) is 14.2. The van der Waals surface area contributed by atoms with E-state index in [0.29, 0.717) is 12.1 Å². The zero-order valence-electron chi connectivity index (χ0n) is 10.4. The minimum absolute atomic E-state index is 0.308. The smallest absolute Gasteiger partial charge is 0.223 e. The van der Waals surface area contributed by atoms with Gasteiger partial charge in [0.1, 0.15) is 18.3 Å². The number of ether oxygens (including phenoxy) is 1. The molecule has 1 aliphatic rings. The monoisotopic (exact) mass is 271 g/mol. The van der Waals surface area contributed by atoms with Gasteiger partial charge in [0, 0.05) is 12.3 Å². The Bertz CT molecular complexity index is 513. The molecule has 0 amide bonds. The second-order valence-electron chi connectivity index (χ2n) is 4.46. The van der Waals surface area contributed by atoms with E-state index < -0.39 is 42.3 Å². The maximum Gasteiger partial charge on any atom is 0.223 e. The third-order valence-corrected chi connectivity index (χ3v) is 3.33. The van der Waals surface area contributed by atoms with Crippen LogP contribution in [-0.2, 0) is 11.2 Å². The Morgan fingerprint density at radius 3 is 2.58 bits per heavy atom. The predicted molar refractivity (Wildman–Crippen MR) is 64.8 cm³/mol. The summed E-state index contributed by atoms with van der Waals surface area (Å²) in [5, 5.41) is 38.4. The van der Waals surface area contributed by atoms with Gasteiger partial charge in [-0.25, -0.2) is 0 Å². The average Bonchev–Trinajstić information content (AvgIpc) is 2.69. The van der Waals surface area contributed by atoms with Gasteiger partial charge in [0.25, 0.3) is 0 Å². The first-order valence-corrected chi connectivity index (χ1v) is 6.06. The number of hydrogen-bond donors (Lipinski definition) is 4. The van der Waals surface area contributed by atoms with Crippen LogP contribution in [0, 0.1) is 0 Å². The van der Waals surface area contributed by atoms with Gasteiger partial charge in [0.05, 0.1) is 12.3 Å². The second kappa shape index (κ2) is 5.30. The van der Waals surface area contributed by atoms with Crippen LogP contribution in [0.4, 0.5) is 0 Å². The van der Waals surface area contributed by atoms with Crippen molar-refractivity contribution in [3.8, 4) is 5.75 Å². The summed E-state index contributed by atoms with van der Waals surface area (Å²) in [6, 6.07) is 1.16. The predicted octanol–water partition coefficient (Wildman–Crippen LogP) is -1.27. The Balaban J connectivity index is 2.43. The molecule has 7 heteroatoms. The quantitative estimate of drug-likeness (QED) is 0.545. The van der Waals surface area contributed by atoms with Crippen LogP contribution >= 0.6 is 0 Å². The number of aromatic nitrogens is 1. The minimum Gasteiger partial charge on any atom is -0.503 e. The molecule has 1 saturated heterocycles. The van der Waals surface area contributed by atoms with Crippen molar-refractivity contribution in [2.75, 3.05) is 6.61 Å². The number of aromatic hydroxyl groups is 1. The van der Waals surface area contributed by atoms with Gasteiger partial charge in [-0.15, -0.1) is 0 Å². The standard InChI is InChI=1S/C12H17NO6/c1-2-6-9(16)7(15)3-4-13(6)12-11(18)10(17)8(5-14)19-12/h3-4,8,10-12,14,16-18H,2,5H2,1H3/t8-,10-,11+,12-/m1/s1. The van der Waals surface area contributed by atoms with E-state index >= 15 is 0 Å². The van der Waals surface area contributed by atoms with Crippen molar-refractivity contribution in [3.05, 3.63) is 28.2 Å². The molecular weight excluding hydrogens is 254 g/mol. The fourth-order valence-corrected chi connectivity index (χ4v) is 2.28. The van der Waals surface area contributed by atoms with Crippen molar-refractivity contribution in [2.45, 2.75) is 37.9 Å². The molecular formula is C12H17NO6. The SMILES string of the molecule is CCc1c(O)c(=O)ccn1[C@@H]1O[C@H](CO)[C@@H](O)[C@@H]1O. The molecule has 4 atom stereocenters. The highest BCUT2D eigenvalue weighted by atomic mass is 16.6. The first-order chi connectivity index (χ1) is 9.01. The normalized spacial score (nSPS) is 30.7. The van der Waals surface area contributed by atoms with Gasteiger partial charge in [-0.1, -0.05) is 6.92 Å². The van der Waals surface area contributed by atoms with Crippen LogP contribution in [0.1, 0.15) is 18.8 Å². The van der Waals surface area contributed by atoms with Crippen molar-refractivity contribution in [1.29, 1.82) is 0 Å². The van der Waals surface area contributed by atoms with Crippen molar-refractivity contribution < 1.29 is 25.2 Å². The summed E-state index contributed by atoms with van der Waals surface area (Å²) in [7, 11) is 0. The summed E-state index contributed by atoms with van der Waals surface area (Å²) in [6.45, 7) is 1.31. The molecule has 2 rings (SSSR count). The average molecular weight is 271 g/mol. The van der Waals surface area contributed by atoms with Crippen LogP contribution in [0.3, 0.4) is 0 Å². The lowest BCUT2D eigenvalue weighted by molar-refractivity contribution is -0.0543. The first kappa shape index (κ1) is 14.0. The molecule has 106 valence electrons. The third kappa shape index (κ3) is 2.25. The van der Waals surface area contributed by atoms with Gasteiger partial charge in [-0.05, 0) is 6.42 Å². The van der Waals surface area contributed by atoms with Gasteiger partial charge in [-0.2, -0.15) is 0 Å². The number of aliphatic hydroxyl groups excluding tert-OH is 3. The van der Waals surface area contributed by atoms with Crippen LogP contribution in [0.25, 0.3) is 0 Å². The zero-order valence-corrected chi connectivity index (χ0v) is 10.4. The summed E-state index contributed by atoms with van der Waals surface area (Å²) in [5.74, 6) is -0.400. The van der Waals surface area contributed by atoms with E-state index in [4.69, 9.17) is 9.84 Å². The highest BCUT2D eigenvalue weighted by Crippen LogP contribution is 2.31. The molecule has 1 fully saturated rings. The molecule has 0 bridgehead atoms. The summed E-state index contributed by atoms with van der Waals surface area (Å²) in [4.78, 5) is 11.4. The van der Waals surface area contributed by atoms with Crippen LogP contribution in [-0.4, -0.2) is 49.9 Å². The maximum atomic E-state index is 11.4. The van der Waals surface area contributed by atoms with Crippen molar-refractivity contribution >= 4 is 0 Å². The van der Waals surface area contributed by atoms with Gasteiger partial charge in [-0.3, -0.25) is 4.79 Å². The topological polar surface area (TPSA) is 112 Å². The largest absolute Gasteiger partial charge is 0.503 e. The van der Waals surface area contributed by atoms with E-state index in [2.05, 4.69) is 0 Å². The Hall–Kier alpha value is -1.41. The van der Waals surface area contributed by atoms with Crippen LogP contribution in [0.2, 0.25) is 0 Å². The third-order valence-electron chi connectivity index (χ3n) is 3.33. The molecule has 4 N–H and O–H groups in total. The van der Waals surface area contributed by atoms with E-state index in [1.807, 2.05) is 0 Å². The number of aliphatic hydroxyl groups is 3. The van der Waals surface area contributed by atoms with E-state index in [1.165, 1.54) is 10.8 Å². The summed E-state index contributed by atoms with van der Waals surface area (Å²) < 4.78 is 6.76. The fourth-order valence-electron chi connectivity index (χ4n) is 2.28. The van der Waals surface area contributed by atoms with E-state index in [0.717, 1.165) is 6.07 Å². The number of nitrogens with zero attached hydrogens (tertiary/aromatic N) is 1. The highest BCUT2D eigenvalue weighted by Gasteiger charge is 2.43. The van der Waals surface area contributed by atoms with Gasteiger partial charge in [0.15, 0.2) is 12.0 Å². The van der Waals surface area contributed by atoms with Crippen molar-refractivity contribution in [3.63, 3.8) is 0 Å². The lowest BCUT2D eigenvalue weighted by Gasteiger charge is -2.22. The molecule has 0 aliphatic carbocycles. The fraction of sp³-hybridized carbons (Fsp3) is 0.583. The lowest BCUT2D eigenvalue weighted by Crippen LogP contribution is -2.33. The molecule has 0 aromatic carbocycles. The number of hydrogen-bond acceptors (Lipinski definition) is 6. The summed E-state index contributed by atoms with van der Waals surface area (Å²) in [6.07, 6.45) is -2.57. The van der Waals surface area contributed by atoms with E-state index in [-0.39, 0.29) is 0 Å². The summed E-state index contributed by atoms with van der Waals surface area (Å²) in [5.41, 5.74) is -0.206. The molecule has 1 aromatic rings. The summed E-state index contributed by atoms with van der Waals surface area (Å²) >= 11 is 0. The van der Waals surface area contributed by atoms with Crippen LogP contribution in [0.15, 0.2) is 17.1 Å². The highest BCUT2D eigenvalue weighted by molar-refractivity contribution is 5.27. The number of rotatable bonds is 3. The van der Waals surface area contributed by atoms with Gasteiger partial charge in [0.2, 0.25) is 5.43 Å². The Morgan fingerprint density at radius 2 is 2.05 bits per heavy atom. The number of pyridine rings is 1. The molecule has 0 radical (unpaired) electrons. The molecule has 1 aliphatic heterocycles. The minimum atomic E-state index is -1.25. The lowest BCUT2D eigenvalue weighted by atomic mass is 10.1. The Kier molecular flexibility index (Phi) is 3.91. The molecule has 0 unspecified atom stereocenters. The van der Waals surface area contributed by atoms with E-state index in [9.17, 15) is 20.1 Å². The van der Waals surface area contributed by atoms with Crippen molar-refractivity contribution in [1.82, 2.24) is 4.57 Å². The van der Waals surface area contributed by atoms with Gasteiger partial charge >= 0.3 is 0 Å². The van der Waals surface area contributed by atoms with Crippen molar-refractivity contribution in [2.24, 2.45) is 0 Å².